The monoisotopic (exact) mass is 189 g/mol. The quantitative estimate of drug-likeness (QED) is 0.457. The molecule has 31 valence electrons. The molecule has 5 heavy (non-hydrogen) atoms. The van der Waals surface area contributed by atoms with E-state index in [0.29, 0.717) is 0 Å². The van der Waals surface area contributed by atoms with Crippen molar-refractivity contribution in [3.05, 3.63) is 0 Å². The van der Waals surface area contributed by atoms with E-state index in [-0.39, 0.29) is 52.7 Å². The molecular weight excluding hydrogens is 189 g/mol. The van der Waals surface area contributed by atoms with Crippen LogP contribution >= 0.6 is 0 Å². The molecule has 0 saturated heterocycles. The van der Waals surface area contributed by atoms with Crippen LogP contribution in [0, 0.1) is 0 Å². The molecular formula is HCrLiMnNiO. The predicted molar refractivity (Wildman–Crippen MR) is 7.84 cm³/mol. The normalized spacial score (nSPS) is 0.800. The van der Waals surface area contributed by atoms with E-state index in [1.807, 2.05) is 0 Å². The first-order valence-electron chi connectivity index (χ1n) is 0.154. The summed E-state index contributed by atoms with van der Waals surface area (Å²) in [7, 11) is 0. The molecule has 0 spiro atoms. The fourth-order valence-electron chi connectivity index (χ4n) is 0. The standard InChI is InChI=1S/Cr.Li.Mn.Ni.O.H. The molecule has 0 aromatic heterocycles. The summed E-state index contributed by atoms with van der Waals surface area (Å²) in [5.41, 5.74) is 0. The predicted octanol–water partition coefficient (Wildman–Crippen LogP) is -0.775. The van der Waals surface area contributed by atoms with Crippen molar-refractivity contribution in [2.75, 3.05) is 0 Å². The zero-order valence-electron chi connectivity index (χ0n) is 1.51. The SMILES string of the molecule is [Cr].[LiH].[Ni].[O]=[Mn]. The van der Waals surface area contributed by atoms with Gasteiger partial charge in [0.1, 0.15) is 0 Å². The molecule has 0 heterocycles. The summed E-state index contributed by atoms with van der Waals surface area (Å²) in [6.07, 6.45) is 0. The van der Waals surface area contributed by atoms with Crippen LogP contribution in [-0.2, 0) is 53.6 Å². The molecule has 0 rings (SSSR count). The van der Waals surface area contributed by atoms with Crippen LogP contribution < -0.4 is 0 Å². The van der Waals surface area contributed by atoms with E-state index in [1.165, 1.54) is 0 Å². The summed E-state index contributed by atoms with van der Waals surface area (Å²) in [5, 5.41) is 0. The van der Waals surface area contributed by atoms with Gasteiger partial charge in [-0.3, -0.25) is 0 Å². The molecule has 0 bridgehead atoms. The molecule has 5 heteroatoms. The second-order valence-corrected chi connectivity index (χ2v) is 0. The van der Waals surface area contributed by atoms with Crippen LogP contribution in [0.1, 0.15) is 0 Å². The van der Waals surface area contributed by atoms with Crippen LogP contribution in [0.4, 0.5) is 0 Å². The van der Waals surface area contributed by atoms with Gasteiger partial charge < -0.3 is 0 Å². The van der Waals surface area contributed by atoms with Gasteiger partial charge in [0, 0.05) is 33.9 Å². The van der Waals surface area contributed by atoms with Crippen LogP contribution in [-0.4, -0.2) is 18.9 Å². The fraction of sp³-hybridized carbons (Fsp3) is 0. The first-order valence-corrected chi connectivity index (χ1v) is 0.636. The van der Waals surface area contributed by atoms with E-state index in [4.69, 9.17) is 3.83 Å². The summed E-state index contributed by atoms with van der Waals surface area (Å²) in [6.45, 7) is 0. The minimum atomic E-state index is 0. The maximum atomic E-state index is 8.06. The Morgan fingerprint density at radius 1 is 1.20 bits per heavy atom. The van der Waals surface area contributed by atoms with Gasteiger partial charge in [-0.1, -0.05) is 0 Å². The summed E-state index contributed by atoms with van der Waals surface area (Å²) < 4.78 is 8.06. The van der Waals surface area contributed by atoms with Gasteiger partial charge in [-0.25, -0.2) is 0 Å². The van der Waals surface area contributed by atoms with Crippen molar-refractivity contribution in [3.63, 3.8) is 0 Å². The molecule has 0 N–H and O–H groups in total. The fourth-order valence-corrected chi connectivity index (χ4v) is 0. The van der Waals surface area contributed by atoms with E-state index in [2.05, 4.69) is 0 Å². The molecule has 0 aliphatic carbocycles. The van der Waals surface area contributed by atoms with Crippen molar-refractivity contribution in [1.82, 2.24) is 0 Å². The average Bonchev–Trinajstić information content (AvgIpc) is 1.00. The third kappa shape index (κ3) is 24.5. The van der Waals surface area contributed by atoms with Crippen LogP contribution in [0.25, 0.3) is 0 Å². The summed E-state index contributed by atoms with van der Waals surface area (Å²) in [4.78, 5) is 0. The van der Waals surface area contributed by atoms with E-state index in [9.17, 15) is 0 Å². The molecule has 0 aliphatic rings. The molecule has 0 radical (unpaired) electrons. The minimum absolute atomic E-state index is 0. The van der Waals surface area contributed by atoms with Crippen molar-refractivity contribution in [3.8, 4) is 0 Å². The van der Waals surface area contributed by atoms with E-state index >= 15 is 0 Å². The summed E-state index contributed by atoms with van der Waals surface area (Å²) in [5.74, 6) is 0. The third-order valence-corrected chi connectivity index (χ3v) is 0. The second kappa shape index (κ2) is 38.5. The maximum absolute atomic E-state index is 8.06. The second-order valence-electron chi connectivity index (χ2n) is 0. The van der Waals surface area contributed by atoms with Crippen LogP contribution in [0.15, 0.2) is 0 Å². The summed E-state index contributed by atoms with van der Waals surface area (Å²) in [6, 6.07) is 0. The first kappa shape index (κ1) is 28.3. The van der Waals surface area contributed by atoms with E-state index < -0.39 is 0 Å². The van der Waals surface area contributed by atoms with Crippen molar-refractivity contribution >= 4 is 18.9 Å². The van der Waals surface area contributed by atoms with E-state index in [0.717, 1.165) is 0 Å². The molecule has 0 fully saturated rings. The van der Waals surface area contributed by atoms with Crippen molar-refractivity contribution in [2.45, 2.75) is 0 Å². The Kier molecular flexibility index (Phi) is 218. The molecule has 0 aromatic carbocycles. The van der Waals surface area contributed by atoms with Crippen molar-refractivity contribution in [1.29, 1.82) is 0 Å². The van der Waals surface area contributed by atoms with Crippen molar-refractivity contribution < 1.29 is 53.6 Å². The molecule has 0 aromatic rings. The number of rotatable bonds is 0. The molecule has 0 aliphatic heterocycles. The van der Waals surface area contributed by atoms with Gasteiger partial charge in [-0.05, 0) is 0 Å². The van der Waals surface area contributed by atoms with Gasteiger partial charge >= 0.3 is 38.6 Å². The average molecular weight is 190 g/mol. The van der Waals surface area contributed by atoms with Crippen LogP contribution in [0.3, 0.4) is 0 Å². The first-order chi connectivity index (χ1) is 1.00. The zero-order chi connectivity index (χ0) is 2.00. The molecule has 0 unspecified atom stereocenters. The molecule has 0 amide bonds. The molecule has 0 atom stereocenters. The zero-order valence-corrected chi connectivity index (χ0v) is 4.95. The Labute approximate surface area is 71.9 Å². The number of hydrogen-bond acceptors (Lipinski definition) is 1. The van der Waals surface area contributed by atoms with Gasteiger partial charge in [0.15, 0.2) is 0 Å². The van der Waals surface area contributed by atoms with Gasteiger partial charge in [-0.2, -0.15) is 0 Å². The van der Waals surface area contributed by atoms with Gasteiger partial charge in [0.05, 0.1) is 0 Å². The summed E-state index contributed by atoms with van der Waals surface area (Å²) >= 11 is 1.69. The Bertz CT molecular complexity index is 11.6. The Hall–Kier alpha value is 1.94. The van der Waals surface area contributed by atoms with E-state index in [1.54, 1.807) is 15.9 Å². The topological polar surface area (TPSA) is 17.1 Å². The molecule has 1 nitrogen and oxygen atoms in total. The Morgan fingerprint density at radius 3 is 1.20 bits per heavy atom. The van der Waals surface area contributed by atoms with Crippen molar-refractivity contribution in [2.24, 2.45) is 0 Å². The Balaban J connectivity index is -0.00000000167. The third-order valence-electron chi connectivity index (χ3n) is 0. The van der Waals surface area contributed by atoms with Crippen LogP contribution in [0.2, 0.25) is 0 Å². The Morgan fingerprint density at radius 2 is 1.20 bits per heavy atom. The van der Waals surface area contributed by atoms with Gasteiger partial charge in [-0.15, -0.1) is 0 Å². The number of hydrogen-bond donors (Lipinski definition) is 0. The molecule has 0 saturated carbocycles. The van der Waals surface area contributed by atoms with Gasteiger partial charge in [0.2, 0.25) is 0 Å². The van der Waals surface area contributed by atoms with Gasteiger partial charge in [0.25, 0.3) is 0 Å². The van der Waals surface area contributed by atoms with Crippen LogP contribution in [0.5, 0.6) is 0 Å².